The normalized spacial score (nSPS) is 15.3. The van der Waals surface area contributed by atoms with Gasteiger partial charge in [-0.3, -0.25) is 4.79 Å². The third-order valence-electron chi connectivity index (χ3n) is 4.64. The number of nitrogens with one attached hydrogen (secondary N) is 1. The third-order valence-corrected chi connectivity index (χ3v) is 8.09. The highest BCUT2D eigenvalue weighted by Crippen LogP contribution is 2.25. The lowest BCUT2D eigenvalue weighted by atomic mass is 10.2. The zero-order chi connectivity index (χ0) is 20.3. The van der Waals surface area contributed by atoms with E-state index in [1.165, 1.54) is 15.6 Å². The molecule has 1 aliphatic heterocycles. The van der Waals surface area contributed by atoms with Crippen LogP contribution in [-0.4, -0.2) is 49.5 Å². The number of hydrogen-bond donors (Lipinski definition) is 1. The summed E-state index contributed by atoms with van der Waals surface area (Å²) in [6.07, 6.45) is 3.83. The van der Waals surface area contributed by atoms with Gasteiger partial charge >= 0.3 is 0 Å². The molecule has 0 spiro atoms. The second kappa shape index (κ2) is 8.50. The number of carbonyl (C=O) groups excluding carboxylic acids is 1. The Kier molecular flexibility index (Phi) is 5.81. The number of morpholine rings is 1. The van der Waals surface area contributed by atoms with Crippen LogP contribution in [0.25, 0.3) is 5.69 Å². The van der Waals surface area contributed by atoms with Crippen molar-refractivity contribution in [3.05, 3.63) is 71.4 Å². The Morgan fingerprint density at radius 3 is 2.59 bits per heavy atom. The highest BCUT2D eigenvalue weighted by atomic mass is 32.2. The molecule has 0 bridgehead atoms. The van der Waals surface area contributed by atoms with Crippen molar-refractivity contribution in [1.82, 2.24) is 14.2 Å². The molecule has 1 saturated heterocycles. The number of aromatic nitrogens is 1. The van der Waals surface area contributed by atoms with E-state index in [1.807, 2.05) is 47.3 Å². The molecule has 2 aromatic heterocycles. The number of rotatable bonds is 6. The second-order valence-corrected chi connectivity index (χ2v) is 9.89. The molecule has 9 heteroatoms. The summed E-state index contributed by atoms with van der Waals surface area (Å²) in [4.78, 5) is 13.3. The van der Waals surface area contributed by atoms with Crippen LogP contribution < -0.4 is 5.32 Å². The molecule has 1 N–H and O–H groups in total. The summed E-state index contributed by atoms with van der Waals surface area (Å²) in [5, 5.41) is 2.87. The summed E-state index contributed by atoms with van der Waals surface area (Å²) in [6, 6.07) is 14.5. The van der Waals surface area contributed by atoms with E-state index in [4.69, 9.17) is 4.74 Å². The monoisotopic (exact) mass is 431 g/mol. The molecule has 3 aromatic rings. The standard InChI is InChI=1S/C20H21N3O4S2/c24-20(16-4-3-5-17(14-16)22-8-1-2-9-22)21-15-18-6-7-19(28-18)29(25,26)23-10-12-27-13-11-23/h1-9,14H,10-13,15H2,(H,21,24). The number of thiophene rings is 1. The maximum atomic E-state index is 12.7. The molecule has 0 atom stereocenters. The van der Waals surface area contributed by atoms with Crippen LogP contribution in [0.2, 0.25) is 0 Å². The maximum Gasteiger partial charge on any atom is 0.252 e. The number of ether oxygens (including phenoxy) is 1. The molecule has 7 nitrogen and oxygen atoms in total. The number of amides is 1. The fourth-order valence-electron chi connectivity index (χ4n) is 3.09. The lowest BCUT2D eigenvalue weighted by molar-refractivity contribution is 0.0731. The van der Waals surface area contributed by atoms with Crippen molar-refractivity contribution >= 4 is 27.3 Å². The molecule has 0 unspecified atom stereocenters. The minimum absolute atomic E-state index is 0.204. The van der Waals surface area contributed by atoms with Crippen molar-refractivity contribution in [2.75, 3.05) is 26.3 Å². The molecule has 4 rings (SSSR count). The Bertz CT molecular complexity index is 1080. The Hall–Kier alpha value is -2.46. The molecule has 1 amide bonds. The molecule has 1 fully saturated rings. The predicted molar refractivity (Wildman–Crippen MR) is 111 cm³/mol. The van der Waals surface area contributed by atoms with Crippen molar-refractivity contribution in [3.63, 3.8) is 0 Å². The Morgan fingerprint density at radius 2 is 1.83 bits per heavy atom. The van der Waals surface area contributed by atoms with Gasteiger partial charge in [-0.05, 0) is 42.5 Å². The molecule has 1 aliphatic rings. The van der Waals surface area contributed by atoms with Crippen LogP contribution in [0.4, 0.5) is 0 Å². The summed E-state index contributed by atoms with van der Waals surface area (Å²) in [7, 11) is -3.51. The average Bonchev–Trinajstić information content (AvgIpc) is 3.45. The Labute approximate surface area is 173 Å². The van der Waals surface area contributed by atoms with Crippen molar-refractivity contribution in [2.24, 2.45) is 0 Å². The zero-order valence-corrected chi connectivity index (χ0v) is 17.3. The number of sulfonamides is 1. The zero-order valence-electron chi connectivity index (χ0n) is 15.7. The molecular weight excluding hydrogens is 410 g/mol. The van der Waals surface area contributed by atoms with Crippen molar-refractivity contribution in [1.29, 1.82) is 0 Å². The Morgan fingerprint density at radius 1 is 1.07 bits per heavy atom. The highest BCUT2D eigenvalue weighted by Gasteiger charge is 2.27. The number of hydrogen-bond acceptors (Lipinski definition) is 5. The molecule has 0 saturated carbocycles. The van der Waals surface area contributed by atoms with E-state index in [0.717, 1.165) is 10.6 Å². The van der Waals surface area contributed by atoms with Crippen molar-refractivity contribution in [2.45, 2.75) is 10.8 Å². The van der Waals surface area contributed by atoms with E-state index in [9.17, 15) is 13.2 Å². The van der Waals surface area contributed by atoms with Gasteiger partial charge in [-0.2, -0.15) is 4.31 Å². The van der Waals surface area contributed by atoms with Gasteiger partial charge in [-0.1, -0.05) is 6.07 Å². The average molecular weight is 432 g/mol. The first kappa shape index (κ1) is 19.8. The molecule has 1 aromatic carbocycles. The van der Waals surface area contributed by atoms with Crippen LogP contribution in [0.15, 0.2) is 65.1 Å². The van der Waals surface area contributed by atoms with Crippen molar-refractivity contribution in [3.8, 4) is 5.69 Å². The first-order chi connectivity index (χ1) is 14.0. The van der Waals surface area contributed by atoms with Crippen molar-refractivity contribution < 1.29 is 17.9 Å². The third kappa shape index (κ3) is 4.43. The van der Waals surface area contributed by atoms with E-state index in [2.05, 4.69) is 5.32 Å². The van der Waals surface area contributed by atoms with Gasteiger partial charge in [0.15, 0.2) is 0 Å². The lowest BCUT2D eigenvalue weighted by Gasteiger charge is -2.25. The van der Waals surface area contributed by atoms with Crippen LogP contribution in [-0.2, 0) is 21.3 Å². The van der Waals surface area contributed by atoms with Gasteiger partial charge in [0.25, 0.3) is 15.9 Å². The quantitative estimate of drug-likeness (QED) is 0.650. The Balaban J connectivity index is 1.41. The maximum absolute atomic E-state index is 12.7. The molecule has 0 radical (unpaired) electrons. The van der Waals surface area contributed by atoms with E-state index in [1.54, 1.807) is 18.2 Å². The minimum Gasteiger partial charge on any atom is -0.379 e. The smallest absolute Gasteiger partial charge is 0.252 e. The predicted octanol–water partition coefficient (Wildman–Crippen LogP) is 2.49. The second-order valence-electron chi connectivity index (χ2n) is 6.56. The number of benzene rings is 1. The molecule has 29 heavy (non-hydrogen) atoms. The first-order valence-corrected chi connectivity index (χ1v) is 11.5. The van der Waals surface area contributed by atoms with Gasteiger partial charge in [0, 0.05) is 41.6 Å². The van der Waals surface area contributed by atoms with Crippen LogP contribution in [0, 0.1) is 0 Å². The molecule has 0 aliphatic carbocycles. The van der Waals surface area contributed by atoms with Gasteiger partial charge in [0.1, 0.15) is 4.21 Å². The molecule has 152 valence electrons. The van der Waals surface area contributed by atoms with Crippen LogP contribution in [0.3, 0.4) is 0 Å². The topological polar surface area (TPSA) is 80.6 Å². The van der Waals surface area contributed by atoms with Gasteiger partial charge in [-0.25, -0.2) is 8.42 Å². The van der Waals surface area contributed by atoms with E-state index >= 15 is 0 Å². The summed E-state index contributed by atoms with van der Waals surface area (Å²) in [5.41, 5.74) is 1.45. The summed E-state index contributed by atoms with van der Waals surface area (Å²) in [6.45, 7) is 1.83. The lowest BCUT2D eigenvalue weighted by Crippen LogP contribution is -2.40. The number of carbonyl (C=O) groups is 1. The minimum atomic E-state index is -3.51. The summed E-state index contributed by atoms with van der Waals surface area (Å²) in [5.74, 6) is -0.204. The van der Waals surface area contributed by atoms with Crippen LogP contribution in [0.1, 0.15) is 15.2 Å². The van der Waals surface area contributed by atoms with E-state index < -0.39 is 10.0 Å². The van der Waals surface area contributed by atoms with Crippen LogP contribution >= 0.6 is 11.3 Å². The van der Waals surface area contributed by atoms with Gasteiger partial charge in [0.2, 0.25) is 0 Å². The number of nitrogens with zero attached hydrogens (tertiary/aromatic N) is 2. The van der Waals surface area contributed by atoms with E-state index in [0.29, 0.717) is 36.1 Å². The van der Waals surface area contributed by atoms with Crippen LogP contribution in [0.5, 0.6) is 0 Å². The first-order valence-electron chi connectivity index (χ1n) is 9.22. The van der Waals surface area contributed by atoms with Gasteiger partial charge in [0.05, 0.1) is 19.8 Å². The summed E-state index contributed by atoms with van der Waals surface area (Å²) < 4.78 is 34.3. The fraction of sp³-hybridized carbons (Fsp3) is 0.250. The largest absolute Gasteiger partial charge is 0.379 e. The SMILES string of the molecule is O=C(NCc1ccc(S(=O)(=O)N2CCOCC2)s1)c1cccc(-n2cccc2)c1. The molecular formula is C20H21N3O4S2. The summed E-state index contributed by atoms with van der Waals surface area (Å²) >= 11 is 1.18. The van der Waals surface area contributed by atoms with Gasteiger partial charge in [-0.15, -0.1) is 11.3 Å². The van der Waals surface area contributed by atoms with Gasteiger partial charge < -0.3 is 14.6 Å². The molecule has 3 heterocycles. The van der Waals surface area contributed by atoms with E-state index in [-0.39, 0.29) is 12.5 Å². The fourth-order valence-corrected chi connectivity index (χ4v) is 5.95. The highest BCUT2D eigenvalue weighted by molar-refractivity contribution is 7.91.